The van der Waals surface area contributed by atoms with E-state index in [0.717, 1.165) is 40.7 Å². The number of rotatable bonds is 11. The van der Waals surface area contributed by atoms with Gasteiger partial charge in [-0.25, -0.2) is 4.79 Å². The molecule has 3 N–H and O–H groups in total. The van der Waals surface area contributed by atoms with Gasteiger partial charge in [-0.3, -0.25) is 14.5 Å². The van der Waals surface area contributed by atoms with Gasteiger partial charge < -0.3 is 20.5 Å². The Bertz CT molecular complexity index is 1410. The van der Waals surface area contributed by atoms with Crippen LogP contribution in [0.2, 0.25) is 0 Å². The highest BCUT2D eigenvalue weighted by molar-refractivity contribution is 5.91. The predicted octanol–water partition coefficient (Wildman–Crippen LogP) is 4.79. The Morgan fingerprint density at radius 3 is 2.21 bits per heavy atom. The minimum atomic E-state index is -1.17. The first kappa shape index (κ1) is 28.0. The standard InChI is InChI=1S/C34H37N3O5/c38-31(39)18-25(24-14-15-24)19-35-32(40)34(16-17-37(22-34)20-23-8-2-1-3-9-23)36-33(41)42-21-30-28-12-6-4-10-26(28)27-11-5-7-13-29(27)30/h1-13,24-25,30H,14-22H2,(H,35,40)(H,36,41)(H,38,39). The molecule has 3 aromatic carbocycles. The number of hydrogen-bond donors (Lipinski definition) is 3. The number of likely N-dealkylation sites (tertiary alicyclic amines) is 1. The van der Waals surface area contributed by atoms with Crippen LogP contribution in [-0.2, 0) is 20.9 Å². The van der Waals surface area contributed by atoms with Gasteiger partial charge in [0.1, 0.15) is 12.1 Å². The third kappa shape index (κ3) is 6.04. The van der Waals surface area contributed by atoms with Gasteiger partial charge in [0.25, 0.3) is 0 Å². The van der Waals surface area contributed by atoms with Crippen molar-refractivity contribution in [2.24, 2.45) is 11.8 Å². The molecule has 0 spiro atoms. The van der Waals surface area contributed by atoms with Crippen LogP contribution in [0.3, 0.4) is 0 Å². The number of fused-ring (bicyclic) bond motifs is 3. The lowest BCUT2D eigenvalue weighted by molar-refractivity contribution is -0.138. The fourth-order valence-electron chi connectivity index (χ4n) is 6.63. The maximum absolute atomic E-state index is 13.8. The zero-order valence-corrected chi connectivity index (χ0v) is 23.6. The molecule has 1 saturated carbocycles. The quantitative estimate of drug-likeness (QED) is 0.308. The number of nitrogens with one attached hydrogen (secondary N) is 2. The number of carbonyl (C=O) groups is 3. The van der Waals surface area contributed by atoms with E-state index in [1.165, 1.54) is 0 Å². The molecule has 2 amide bonds. The van der Waals surface area contributed by atoms with E-state index >= 15 is 0 Å². The number of amides is 2. The number of ether oxygens (including phenoxy) is 1. The Morgan fingerprint density at radius 1 is 0.929 bits per heavy atom. The average molecular weight is 568 g/mol. The number of carboxylic acid groups (broad SMARTS) is 1. The SMILES string of the molecule is O=C(O)CC(CNC(=O)C1(NC(=O)OCC2c3ccccc3-c3ccccc32)CCN(Cc2ccccc2)C1)C1CC1. The third-order valence-electron chi connectivity index (χ3n) is 8.97. The maximum Gasteiger partial charge on any atom is 0.408 e. The van der Waals surface area contributed by atoms with E-state index in [-0.39, 0.29) is 37.3 Å². The van der Waals surface area contributed by atoms with Crippen LogP contribution in [0.25, 0.3) is 11.1 Å². The monoisotopic (exact) mass is 567 g/mol. The van der Waals surface area contributed by atoms with Crippen molar-refractivity contribution in [1.82, 2.24) is 15.5 Å². The van der Waals surface area contributed by atoms with Crippen molar-refractivity contribution in [3.63, 3.8) is 0 Å². The Morgan fingerprint density at radius 2 is 1.57 bits per heavy atom. The first-order chi connectivity index (χ1) is 20.4. The fourth-order valence-corrected chi connectivity index (χ4v) is 6.63. The van der Waals surface area contributed by atoms with Crippen molar-refractivity contribution >= 4 is 18.0 Å². The number of alkyl carbamates (subject to hydrolysis) is 1. The molecule has 6 rings (SSSR count). The van der Waals surface area contributed by atoms with Crippen LogP contribution in [-0.4, -0.2) is 59.8 Å². The van der Waals surface area contributed by atoms with Crippen molar-refractivity contribution < 1.29 is 24.2 Å². The topological polar surface area (TPSA) is 108 Å². The van der Waals surface area contributed by atoms with E-state index in [9.17, 15) is 19.5 Å². The molecule has 42 heavy (non-hydrogen) atoms. The van der Waals surface area contributed by atoms with E-state index in [0.29, 0.717) is 32.0 Å². The van der Waals surface area contributed by atoms with Crippen LogP contribution in [0.1, 0.15) is 48.3 Å². The van der Waals surface area contributed by atoms with E-state index in [1.54, 1.807) is 0 Å². The van der Waals surface area contributed by atoms with E-state index in [1.807, 2.05) is 54.6 Å². The molecule has 1 aliphatic heterocycles. The first-order valence-corrected chi connectivity index (χ1v) is 14.8. The summed E-state index contributed by atoms with van der Waals surface area (Å²) in [5.41, 5.74) is 4.50. The normalized spacial score (nSPS) is 20.4. The summed E-state index contributed by atoms with van der Waals surface area (Å²) in [6, 6.07) is 26.4. The van der Waals surface area contributed by atoms with Gasteiger partial charge in [-0.05, 0) is 58.9 Å². The van der Waals surface area contributed by atoms with Gasteiger partial charge in [0, 0.05) is 32.1 Å². The van der Waals surface area contributed by atoms with Crippen LogP contribution in [0.15, 0.2) is 78.9 Å². The molecule has 1 heterocycles. The van der Waals surface area contributed by atoms with Gasteiger partial charge in [0.05, 0.1) is 6.42 Å². The average Bonchev–Trinajstić information content (AvgIpc) is 3.69. The first-order valence-electron chi connectivity index (χ1n) is 14.8. The molecule has 2 atom stereocenters. The molecule has 3 aliphatic rings. The van der Waals surface area contributed by atoms with E-state index in [4.69, 9.17) is 4.74 Å². The minimum Gasteiger partial charge on any atom is -0.481 e. The van der Waals surface area contributed by atoms with Gasteiger partial charge in [0.15, 0.2) is 0 Å². The van der Waals surface area contributed by atoms with Crippen LogP contribution < -0.4 is 10.6 Å². The smallest absolute Gasteiger partial charge is 0.408 e. The van der Waals surface area contributed by atoms with Crippen molar-refractivity contribution in [1.29, 1.82) is 0 Å². The zero-order valence-electron chi connectivity index (χ0n) is 23.6. The zero-order chi connectivity index (χ0) is 29.1. The molecular weight excluding hydrogens is 530 g/mol. The summed E-state index contributed by atoms with van der Waals surface area (Å²) in [6.45, 7) is 2.07. The summed E-state index contributed by atoms with van der Waals surface area (Å²) in [5.74, 6) is -1.02. The second-order valence-corrected chi connectivity index (χ2v) is 11.9. The Balaban J connectivity index is 1.15. The van der Waals surface area contributed by atoms with E-state index < -0.39 is 17.6 Å². The van der Waals surface area contributed by atoms with Crippen LogP contribution in [0.4, 0.5) is 4.79 Å². The number of nitrogens with zero attached hydrogens (tertiary/aromatic N) is 1. The lowest BCUT2D eigenvalue weighted by Gasteiger charge is -2.30. The van der Waals surface area contributed by atoms with Crippen LogP contribution in [0.5, 0.6) is 0 Å². The molecule has 0 radical (unpaired) electrons. The Labute approximate surface area is 246 Å². The van der Waals surface area contributed by atoms with Crippen LogP contribution >= 0.6 is 0 Å². The molecule has 3 aromatic rings. The van der Waals surface area contributed by atoms with Crippen molar-refractivity contribution in [3.05, 3.63) is 95.6 Å². The number of benzene rings is 3. The molecule has 0 bridgehead atoms. The molecule has 0 aromatic heterocycles. The molecule has 1 saturated heterocycles. The summed E-state index contributed by atoms with van der Waals surface area (Å²) in [4.78, 5) is 40.7. The van der Waals surface area contributed by atoms with Gasteiger partial charge in [-0.1, -0.05) is 78.9 Å². The fraction of sp³-hybridized carbons (Fsp3) is 0.382. The highest BCUT2D eigenvalue weighted by atomic mass is 16.5. The van der Waals surface area contributed by atoms with Crippen LogP contribution in [0, 0.1) is 11.8 Å². The van der Waals surface area contributed by atoms with Gasteiger partial charge in [0.2, 0.25) is 5.91 Å². The van der Waals surface area contributed by atoms with Gasteiger partial charge >= 0.3 is 12.1 Å². The summed E-state index contributed by atoms with van der Waals surface area (Å²) in [6.07, 6.45) is 1.81. The number of carboxylic acids is 1. The van der Waals surface area contributed by atoms with Crippen molar-refractivity contribution in [3.8, 4) is 11.1 Å². The van der Waals surface area contributed by atoms with Gasteiger partial charge in [-0.2, -0.15) is 0 Å². The second-order valence-electron chi connectivity index (χ2n) is 11.9. The minimum absolute atomic E-state index is 0.0257. The van der Waals surface area contributed by atoms with Gasteiger partial charge in [-0.15, -0.1) is 0 Å². The molecule has 2 unspecified atom stereocenters. The molecule has 2 aliphatic carbocycles. The molecule has 2 fully saturated rings. The highest BCUT2D eigenvalue weighted by Crippen LogP contribution is 2.44. The molecular formula is C34H37N3O5. The summed E-state index contributed by atoms with van der Waals surface area (Å²) < 4.78 is 5.83. The largest absolute Gasteiger partial charge is 0.481 e. The number of aliphatic carboxylic acids is 1. The number of carbonyl (C=O) groups excluding carboxylic acids is 2. The Hall–Kier alpha value is -4.17. The summed E-state index contributed by atoms with van der Waals surface area (Å²) >= 11 is 0. The molecule has 8 nitrogen and oxygen atoms in total. The van der Waals surface area contributed by atoms with E-state index in [2.05, 4.69) is 39.8 Å². The van der Waals surface area contributed by atoms with Crippen molar-refractivity contribution in [2.75, 3.05) is 26.2 Å². The predicted molar refractivity (Wildman–Crippen MR) is 159 cm³/mol. The third-order valence-corrected chi connectivity index (χ3v) is 8.97. The highest BCUT2D eigenvalue weighted by Gasteiger charge is 2.47. The lowest BCUT2D eigenvalue weighted by atomic mass is 9.95. The molecule has 218 valence electrons. The second kappa shape index (κ2) is 12.0. The molecule has 8 heteroatoms. The summed E-state index contributed by atoms with van der Waals surface area (Å²) in [5, 5.41) is 15.3. The summed E-state index contributed by atoms with van der Waals surface area (Å²) in [7, 11) is 0. The lowest BCUT2D eigenvalue weighted by Crippen LogP contribution is -2.61. The van der Waals surface area contributed by atoms with Crippen molar-refractivity contribution in [2.45, 2.75) is 43.7 Å². The number of hydrogen-bond acceptors (Lipinski definition) is 5. The Kier molecular flexibility index (Phi) is 7.98. The maximum atomic E-state index is 13.8.